The topological polar surface area (TPSA) is 67.3 Å². The van der Waals surface area contributed by atoms with Crippen molar-refractivity contribution in [2.75, 3.05) is 25.1 Å². The Morgan fingerprint density at radius 1 is 1.52 bits per heavy atom. The number of rotatable bonds is 4. The van der Waals surface area contributed by atoms with Crippen LogP contribution in [-0.4, -0.2) is 46.3 Å². The summed E-state index contributed by atoms with van der Waals surface area (Å²) in [7, 11) is 0. The molecule has 0 fully saturated rings. The van der Waals surface area contributed by atoms with Crippen molar-refractivity contribution in [1.82, 2.24) is 14.9 Å². The average Bonchev–Trinajstić information content (AvgIpc) is 2.51. The summed E-state index contributed by atoms with van der Waals surface area (Å²) >= 11 is 0. The van der Waals surface area contributed by atoms with E-state index in [1.807, 2.05) is 32.9 Å². The van der Waals surface area contributed by atoms with E-state index in [0.717, 1.165) is 6.42 Å². The van der Waals surface area contributed by atoms with Gasteiger partial charge in [0.2, 0.25) is 0 Å². The van der Waals surface area contributed by atoms with Crippen molar-refractivity contribution in [2.45, 2.75) is 38.8 Å². The molecule has 1 N–H and O–H groups in total. The maximum Gasteiger partial charge on any atom is 0.411 e. The molecular weight excluding hydrogens is 299 g/mol. The van der Waals surface area contributed by atoms with Gasteiger partial charge in [-0.25, -0.2) is 19.2 Å². The van der Waals surface area contributed by atoms with Crippen molar-refractivity contribution in [3.63, 3.8) is 0 Å². The first-order chi connectivity index (χ1) is 10.9. The van der Waals surface area contributed by atoms with Crippen LogP contribution >= 0.6 is 0 Å². The molecular formula is C16H23FN4O2. The molecule has 23 heavy (non-hydrogen) atoms. The molecule has 2 heterocycles. The quantitative estimate of drug-likeness (QED) is 0.863. The van der Waals surface area contributed by atoms with Crippen LogP contribution in [0.5, 0.6) is 0 Å². The minimum Gasteiger partial charge on any atom is -0.444 e. The fourth-order valence-electron chi connectivity index (χ4n) is 2.22. The van der Waals surface area contributed by atoms with Crippen LogP contribution < -0.4 is 5.32 Å². The highest BCUT2D eigenvalue weighted by Gasteiger charge is 2.30. The molecule has 0 aromatic carbocycles. The van der Waals surface area contributed by atoms with Gasteiger partial charge in [0.1, 0.15) is 24.1 Å². The number of hydrogen-bond acceptors (Lipinski definition) is 5. The summed E-state index contributed by atoms with van der Waals surface area (Å²) in [5, 5.41) is 2.87. The fourth-order valence-corrected chi connectivity index (χ4v) is 2.22. The van der Waals surface area contributed by atoms with Gasteiger partial charge in [-0.1, -0.05) is 12.2 Å². The fraction of sp³-hybridized carbons (Fsp3) is 0.562. The molecule has 7 heteroatoms. The van der Waals surface area contributed by atoms with Gasteiger partial charge in [0.25, 0.3) is 0 Å². The molecule has 1 aliphatic rings. The van der Waals surface area contributed by atoms with E-state index in [1.54, 1.807) is 17.2 Å². The van der Waals surface area contributed by atoms with Gasteiger partial charge in [0.15, 0.2) is 5.82 Å². The van der Waals surface area contributed by atoms with E-state index in [-0.39, 0.29) is 12.6 Å². The van der Waals surface area contributed by atoms with Gasteiger partial charge in [-0.05, 0) is 33.3 Å². The van der Waals surface area contributed by atoms with E-state index >= 15 is 0 Å². The number of hydrogen-bond donors (Lipinski definition) is 1. The number of aromatic nitrogens is 2. The van der Waals surface area contributed by atoms with E-state index in [9.17, 15) is 9.18 Å². The second-order valence-corrected chi connectivity index (χ2v) is 6.25. The van der Waals surface area contributed by atoms with E-state index in [2.05, 4.69) is 15.3 Å². The summed E-state index contributed by atoms with van der Waals surface area (Å²) in [4.78, 5) is 22.6. The van der Waals surface area contributed by atoms with Crippen molar-refractivity contribution >= 4 is 11.9 Å². The first-order valence-electron chi connectivity index (χ1n) is 7.70. The van der Waals surface area contributed by atoms with Crippen molar-refractivity contribution < 1.29 is 13.9 Å². The summed E-state index contributed by atoms with van der Waals surface area (Å²) < 4.78 is 17.7. The standard InChI is InChI=1S/C16H23FN4O2/c1-16(2,3)23-15(22)21-11-5-4-6-12(21)14-19-9-7-13(20-14)18-10-8-17/h4,6-7,9,12H,5,8,10-11H2,1-3H3,(H,18,19,20). The van der Waals surface area contributed by atoms with Crippen LogP contribution in [0.3, 0.4) is 0 Å². The van der Waals surface area contributed by atoms with Crippen LogP contribution in [0.15, 0.2) is 24.4 Å². The van der Waals surface area contributed by atoms with Gasteiger partial charge >= 0.3 is 6.09 Å². The lowest BCUT2D eigenvalue weighted by atomic mass is 10.1. The molecule has 0 radical (unpaired) electrons. The molecule has 1 atom stereocenters. The van der Waals surface area contributed by atoms with Crippen LogP contribution in [0.4, 0.5) is 15.0 Å². The van der Waals surface area contributed by atoms with Crippen LogP contribution in [0.25, 0.3) is 0 Å². The van der Waals surface area contributed by atoms with Gasteiger partial charge < -0.3 is 10.1 Å². The van der Waals surface area contributed by atoms with Crippen molar-refractivity contribution in [2.24, 2.45) is 0 Å². The Morgan fingerprint density at radius 2 is 2.30 bits per heavy atom. The zero-order valence-corrected chi connectivity index (χ0v) is 13.8. The molecule has 0 spiro atoms. The number of halogens is 1. The first kappa shape index (κ1) is 17.2. The highest BCUT2D eigenvalue weighted by molar-refractivity contribution is 5.69. The molecule has 1 unspecified atom stereocenters. The minimum absolute atomic E-state index is 0.187. The second-order valence-electron chi connectivity index (χ2n) is 6.25. The Balaban J connectivity index is 2.19. The number of nitrogens with zero attached hydrogens (tertiary/aromatic N) is 3. The predicted octanol–water partition coefficient (Wildman–Crippen LogP) is 3.10. The predicted molar refractivity (Wildman–Crippen MR) is 85.9 cm³/mol. The lowest BCUT2D eigenvalue weighted by Gasteiger charge is -2.33. The number of nitrogens with one attached hydrogen (secondary N) is 1. The third-order valence-electron chi connectivity index (χ3n) is 3.16. The summed E-state index contributed by atoms with van der Waals surface area (Å²) in [5.41, 5.74) is -0.561. The van der Waals surface area contributed by atoms with Crippen LogP contribution in [-0.2, 0) is 4.74 Å². The number of alkyl halides is 1. The van der Waals surface area contributed by atoms with E-state index in [0.29, 0.717) is 18.2 Å². The second kappa shape index (κ2) is 7.39. The molecule has 1 aromatic heterocycles. The monoisotopic (exact) mass is 322 g/mol. The average molecular weight is 322 g/mol. The largest absolute Gasteiger partial charge is 0.444 e. The SMILES string of the molecule is CC(C)(C)OC(=O)N1CCC=CC1c1nccc(NCCF)n1. The molecule has 126 valence electrons. The smallest absolute Gasteiger partial charge is 0.411 e. The third-order valence-corrected chi connectivity index (χ3v) is 3.16. The number of carbonyl (C=O) groups excluding carboxylic acids is 1. The third kappa shape index (κ3) is 4.91. The number of amides is 1. The minimum atomic E-state index is -0.561. The summed E-state index contributed by atoms with van der Waals surface area (Å²) in [6.07, 6.45) is 5.85. The Hall–Kier alpha value is -2.18. The molecule has 1 aliphatic heterocycles. The summed E-state index contributed by atoms with van der Waals surface area (Å²) in [6, 6.07) is 1.29. The maximum absolute atomic E-state index is 12.4. The van der Waals surface area contributed by atoms with Crippen molar-refractivity contribution in [3.8, 4) is 0 Å². The first-order valence-corrected chi connectivity index (χ1v) is 7.70. The molecule has 0 saturated heterocycles. The number of anilines is 1. The van der Waals surface area contributed by atoms with Gasteiger partial charge in [-0.2, -0.15) is 0 Å². The van der Waals surface area contributed by atoms with Gasteiger partial charge in [-0.15, -0.1) is 0 Å². The Bertz CT molecular complexity index is 571. The normalized spacial score (nSPS) is 17.9. The Labute approximate surface area is 135 Å². The molecule has 6 nitrogen and oxygen atoms in total. The maximum atomic E-state index is 12.4. The highest BCUT2D eigenvalue weighted by atomic mass is 19.1. The molecule has 0 bridgehead atoms. The van der Waals surface area contributed by atoms with Crippen LogP contribution in [0.2, 0.25) is 0 Å². The lowest BCUT2D eigenvalue weighted by molar-refractivity contribution is 0.0183. The zero-order valence-electron chi connectivity index (χ0n) is 13.8. The highest BCUT2D eigenvalue weighted by Crippen LogP contribution is 2.26. The molecule has 2 rings (SSSR count). The van der Waals surface area contributed by atoms with Crippen LogP contribution in [0.1, 0.15) is 39.1 Å². The molecule has 0 aliphatic carbocycles. The summed E-state index contributed by atoms with van der Waals surface area (Å²) in [5.74, 6) is 1.02. The molecule has 0 saturated carbocycles. The van der Waals surface area contributed by atoms with Crippen LogP contribution in [0, 0.1) is 0 Å². The van der Waals surface area contributed by atoms with Crippen molar-refractivity contribution in [3.05, 3.63) is 30.2 Å². The lowest BCUT2D eigenvalue weighted by Crippen LogP contribution is -2.41. The van der Waals surface area contributed by atoms with Gasteiger partial charge in [-0.3, -0.25) is 4.90 Å². The number of carbonyl (C=O) groups is 1. The van der Waals surface area contributed by atoms with E-state index < -0.39 is 18.4 Å². The summed E-state index contributed by atoms with van der Waals surface area (Å²) in [6.45, 7) is 5.74. The van der Waals surface area contributed by atoms with Gasteiger partial charge in [0, 0.05) is 19.3 Å². The van der Waals surface area contributed by atoms with E-state index in [4.69, 9.17) is 4.74 Å². The van der Waals surface area contributed by atoms with Gasteiger partial charge in [0.05, 0.1) is 0 Å². The van der Waals surface area contributed by atoms with Crippen molar-refractivity contribution in [1.29, 1.82) is 0 Å². The van der Waals surface area contributed by atoms with E-state index in [1.165, 1.54) is 0 Å². The molecule has 1 aromatic rings. The Morgan fingerprint density at radius 3 is 3.00 bits per heavy atom. The molecule has 1 amide bonds. The zero-order chi connectivity index (χ0) is 16.9. The Kier molecular flexibility index (Phi) is 5.52. The number of ether oxygens (including phenoxy) is 1.